The van der Waals surface area contributed by atoms with Crippen molar-refractivity contribution in [3.63, 3.8) is 0 Å². The number of rotatable bonds is 4. The summed E-state index contributed by atoms with van der Waals surface area (Å²) in [6.07, 6.45) is 0.604. The number of benzene rings is 1. The number of hydrogen-bond acceptors (Lipinski definition) is 4. The summed E-state index contributed by atoms with van der Waals surface area (Å²) in [5.41, 5.74) is 1.75. The van der Waals surface area contributed by atoms with Gasteiger partial charge in [0.25, 0.3) is 5.91 Å². The summed E-state index contributed by atoms with van der Waals surface area (Å²) in [7, 11) is 0. The Morgan fingerprint density at radius 2 is 2.00 bits per heavy atom. The molecule has 1 unspecified atom stereocenters. The number of morpholine rings is 1. The second-order valence-corrected chi connectivity index (χ2v) is 6.23. The number of hydrogen-bond donors (Lipinski definition) is 1. The zero-order valence-corrected chi connectivity index (χ0v) is 14.6. The number of carboxylic acid groups (broad SMARTS) is 1. The van der Waals surface area contributed by atoms with Crippen LogP contribution in [0.4, 0.5) is 4.39 Å². The van der Waals surface area contributed by atoms with E-state index in [1.807, 2.05) is 6.92 Å². The Hall–Kier alpha value is -2.74. The van der Waals surface area contributed by atoms with E-state index in [0.29, 0.717) is 29.9 Å². The van der Waals surface area contributed by atoms with Crippen molar-refractivity contribution < 1.29 is 23.8 Å². The molecule has 0 aliphatic carbocycles. The van der Waals surface area contributed by atoms with Gasteiger partial charge < -0.3 is 14.7 Å². The normalized spacial score (nSPS) is 20.2. The van der Waals surface area contributed by atoms with E-state index in [1.165, 1.54) is 23.2 Å². The molecule has 2 aromatic rings. The maximum absolute atomic E-state index is 13.1. The van der Waals surface area contributed by atoms with E-state index in [2.05, 4.69) is 5.10 Å². The fourth-order valence-corrected chi connectivity index (χ4v) is 3.12. The number of halogens is 1. The number of nitrogens with zero attached hydrogens (tertiary/aromatic N) is 3. The van der Waals surface area contributed by atoms with Crippen LogP contribution >= 0.6 is 0 Å². The molecule has 3 rings (SSSR count). The lowest BCUT2D eigenvalue weighted by Gasteiger charge is -2.34. The first-order chi connectivity index (χ1) is 12.4. The van der Waals surface area contributed by atoms with Crippen LogP contribution in [0.3, 0.4) is 0 Å². The van der Waals surface area contributed by atoms with Crippen molar-refractivity contribution in [2.75, 3.05) is 13.1 Å². The van der Waals surface area contributed by atoms with Crippen LogP contribution in [0.1, 0.15) is 29.9 Å². The van der Waals surface area contributed by atoms with Gasteiger partial charge in [0.15, 0.2) is 6.10 Å². The van der Waals surface area contributed by atoms with Gasteiger partial charge in [-0.2, -0.15) is 5.10 Å². The second kappa shape index (κ2) is 7.25. The van der Waals surface area contributed by atoms with Gasteiger partial charge in [-0.25, -0.2) is 13.9 Å². The molecule has 1 amide bonds. The molecular formula is C18H20FN3O4. The molecule has 1 fully saturated rings. The zero-order chi connectivity index (χ0) is 18.8. The van der Waals surface area contributed by atoms with Gasteiger partial charge in [-0.1, -0.05) is 6.92 Å². The molecule has 138 valence electrons. The van der Waals surface area contributed by atoms with Crippen molar-refractivity contribution in [1.82, 2.24) is 14.7 Å². The van der Waals surface area contributed by atoms with E-state index in [0.717, 1.165) is 0 Å². The summed E-state index contributed by atoms with van der Waals surface area (Å²) in [6.45, 7) is 3.94. The highest BCUT2D eigenvalue weighted by Gasteiger charge is 2.34. The summed E-state index contributed by atoms with van der Waals surface area (Å²) in [5.74, 6) is -1.72. The Bertz CT molecular complexity index is 818. The molecule has 2 heterocycles. The average molecular weight is 361 g/mol. The molecule has 1 saturated heterocycles. The number of ether oxygens (including phenoxy) is 1. The molecule has 8 heteroatoms. The number of carboxylic acids is 1. The average Bonchev–Trinajstić information content (AvgIpc) is 3.05. The smallest absolute Gasteiger partial charge is 0.334 e. The third-order valence-corrected chi connectivity index (χ3v) is 4.33. The molecule has 1 aromatic heterocycles. The maximum atomic E-state index is 13.1. The van der Waals surface area contributed by atoms with Gasteiger partial charge in [-0.3, -0.25) is 4.79 Å². The van der Waals surface area contributed by atoms with Crippen LogP contribution in [0.5, 0.6) is 0 Å². The van der Waals surface area contributed by atoms with Crippen LogP contribution in [0.15, 0.2) is 30.5 Å². The minimum Gasteiger partial charge on any atom is -0.479 e. The van der Waals surface area contributed by atoms with Gasteiger partial charge in [0, 0.05) is 6.54 Å². The molecular weight excluding hydrogens is 341 g/mol. The number of aliphatic carboxylic acids is 1. The molecule has 1 N–H and O–H groups in total. The summed E-state index contributed by atoms with van der Waals surface area (Å²) in [5, 5.41) is 13.5. The first-order valence-corrected chi connectivity index (χ1v) is 8.41. The highest BCUT2D eigenvalue weighted by molar-refractivity contribution is 5.95. The van der Waals surface area contributed by atoms with Crippen molar-refractivity contribution in [2.24, 2.45) is 0 Å². The lowest BCUT2D eigenvalue weighted by molar-refractivity contribution is -0.160. The Labute approximate surface area is 150 Å². The van der Waals surface area contributed by atoms with Gasteiger partial charge in [-0.15, -0.1) is 0 Å². The monoisotopic (exact) mass is 361 g/mol. The minimum atomic E-state index is -1.09. The standard InChI is InChI=1S/C18H20FN3O4/c1-3-15-14(8-20-22(15)13-6-4-12(19)5-7-13)17(23)21-9-11(2)26-16(10-21)18(24)25/h4-8,11,16H,3,9-10H2,1-2H3,(H,24,25)/t11-,16?/m1/s1. The summed E-state index contributed by atoms with van der Waals surface area (Å²) in [4.78, 5) is 25.7. The lowest BCUT2D eigenvalue weighted by Crippen LogP contribution is -2.51. The van der Waals surface area contributed by atoms with Crippen molar-refractivity contribution in [1.29, 1.82) is 0 Å². The SMILES string of the molecule is CCc1c(C(=O)N2CC(C(=O)O)O[C@H](C)C2)cnn1-c1ccc(F)cc1. The first-order valence-electron chi connectivity index (χ1n) is 8.41. The topological polar surface area (TPSA) is 84.7 Å². The van der Waals surface area contributed by atoms with E-state index in [1.54, 1.807) is 23.7 Å². The van der Waals surface area contributed by atoms with Gasteiger partial charge in [0.05, 0.1) is 35.8 Å². The van der Waals surface area contributed by atoms with Crippen LogP contribution < -0.4 is 0 Å². The fourth-order valence-electron chi connectivity index (χ4n) is 3.12. The quantitative estimate of drug-likeness (QED) is 0.899. The molecule has 0 saturated carbocycles. The van der Waals surface area contributed by atoms with E-state index in [4.69, 9.17) is 4.74 Å². The molecule has 0 spiro atoms. The summed E-state index contributed by atoms with van der Waals surface area (Å²) >= 11 is 0. The Balaban J connectivity index is 1.90. The number of aromatic nitrogens is 2. The van der Waals surface area contributed by atoms with Crippen molar-refractivity contribution in [3.8, 4) is 5.69 Å². The van der Waals surface area contributed by atoms with Crippen LogP contribution in [0.25, 0.3) is 5.69 Å². The molecule has 1 aliphatic heterocycles. The van der Waals surface area contributed by atoms with Gasteiger partial charge >= 0.3 is 5.97 Å². The van der Waals surface area contributed by atoms with Crippen molar-refractivity contribution in [2.45, 2.75) is 32.5 Å². The Kier molecular flexibility index (Phi) is 5.03. The van der Waals surface area contributed by atoms with Crippen molar-refractivity contribution >= 4 is 11.9 Å². The molecule has 7 nitrogen and oxygen atoms in total. The minimum absolute atomic E-state index is 0.0105. The van der Waals surface area contributed by atoms with E-state index in [9.17, 15) is 19.1 Å². The molecule has 26 heavy (non-hydrogen) atoms. The first kappa shape index (κ1) is 18.1. The molecule has 0 bridgehead atoms. The van der Waals surface area contributed by atoms with Gasteiger partial charge in [0.2, 0.25) is 0 Å². The van der Waals surface area contributed by atoms with E-state index < -0.39 is 12.1 Å². The number of carbonyl (C=O) groups is 2. The van der Waals surface area contributed by atoms with Gasteiger partial charge in [0.1, 0.15) is 5.82 Å². The maximum Gasteiger partial charge on any atom is 0.334 e. The Morgan fingerprint density at radius 3 is 2.62 bits per heavy atom. The lowest BCUT2D eigenvalue weighted by atomic mass is 10.1. The van der Waals surface area contributed by atoms with Crippen LogP contribution in [-0.2, 0) is 16.0 Å². The second-order valence-electron chi connectivity index (χ2n) is 6.23. The largest absolute Gasteiger partial charge is 0.479 e. The fraction of sp³-hybridized carbons (Fsp3) is 0.389. The molecule has 2 atom stereocenters. The van der Waals surface area contributed by atoms with E-state index >= 15 is 0 Å². The number of carbonyl (C=O) groups excluding carboxylic acids is 1. The Morgan fingerprint density at radius 1 is 1.31 bits per heavy atom. The predicted octanol–water partition coefficient (Wildman–Crippen LogP) is 1.89. The highest BCUT2D eigenvalue weighted by atomic mass is 19.1. The van der Waals surface area contributed by atoms with Crippen molar-refractivity contribution in [3.05, 3.63) is 47.5 Å². The summed E-state index contributed by atoms with van der Waals surface area (Å²) in [6, 6.07) is 5.85. The molecule has 0 radical (unpaired) electrons. The third kappa shape index (κ3) is 3.45. The third-order valence-electron chi connectivity index (χ3n) is 4.33. The molecule has 1 aliphatic rings. The van der Waals surface area contributed by atoms with Crippen LogP contribution in [0, 0.1) is 5.82 Å². The van der Waals surface area contributed by atoms with Crippen LogP contribution in [0.2, 0.25) is 0 Å². The molecule has 1 aromatic carbocycles. The van der Waals surface area contributed by atoms with Gasteiger partial charge in [-0.05, 0) is 37.6 Å². The summed E-state index contributed by atoms with van der Waals surface area (Å²) < 4.78 is 20.1. The predicted molar refractivity (Wildman–Crippen MR) is 90.8 cm³/mol. The number of amides is 1. The highest BCUT2D eigenvalue weighted by Crippen LogP contribution is 2.20. The van der Waals surface area contributed by atoms with E-state index in [-0.39, 0.29) is 24.4 Å². The zero-order valence-electron chi connectivity index (χ0n) is 14.6. The van der Waals surface area contributed by atoms with Crippen LogP contribution in [-0.4, -0.2) is 57.0 Å².